The summed E-state index contributed by atoms with van der Waals surface area (Å²) in [5.41, 5.74) is 3.91. The van der Waals surface area contributed by atoms with Gasteiger partial charge in [0.15, 0.2) is 0 Å². The first-order chi connectivity index (χ1) is 12.8. The number of carbonyl (C=O) groups is 1. The number of aryl methyl sites for hydroxylation is 1. The summed E-state index contributed by atoms with van der Waals surface area (Å²) in [6, 6.07) is 5.64. The van der Waals surface area contributed by atoms with Crippen LogP contribution >= 0.6 is 11.3 Å². The van der Waals surface area contributed by atoms with Crippen LogP contribution in [0.25, 0.3) is 0 Å². The van der Waals surface area contributed by atoms with Crippen LogP contribution in [0.2, 0.25) is 0 Å². The van der Waals surface area contributed by atoms with Gasteiger partial charge in [0.2, 0.25) is 0 Å². The Hall–Kier alpha value is -2.01. The van der Waals surface area contributed by atoms with Crippen molar-refractivity contribution in [3.05, 3.63) is 45.3 Å². The summed E-state index contributed by atoms with van der Waals surface area (Å²) < 4.78 is 0. The quantitative estimate of drug-likeness (QED) is 0.685. The number of fused-ring (bicyclic) bond motifs is 3. The van der Waals surface area contributed by atoms with Gasteiger partial charge in [0, 0.05) is 10.4 Å². The minimum atomic E-state index is -0.395. The maximum atomic E-state index is 12.9. The highest BCUT2D eigenvalue weighted by Gasteiger charge is 2.37. The number of carbonyl (C=O) groups excluding carboxylic acids is 1. The molecule has 1 amide bonds. The lowest BCUT2D eigenvalue weighted by molar-refractivity contribution is 0.0934. The zero-order valence-corrected chi connectivity index (χ0v) is 17.3. The SMILES string of the molecule is CCC(C)(C)C1CCc2c(sc3c2C(=O)NC(c2cccc(C)c2O)N3)C1. The Labute approximate surface area is 165 Å². The number of rotatable bonds is 3. The zero-order valence-electron chi connectivity index (χ0n) is 16.5. The van der Waals surface area contributed by atoms with Gasteiger partial charge in [-0.3, -0.25) is 4.79 Å². The molecule has 2 aliphatic rings. The minimum absolute atomic E-state index is 0.0274. The van der Waals surface area contributed by atoms with E-state index in [1.165, 1.54) is 16.9 Å². The van der Waals surface area contributed by atoms with E-state index in [1.807, 2.05) is 25.1 Å². The van der Waals surface area contributed by atoms with E-state index in [4.69, 9.17) is 0 Å². The van der Waals surface area contributed by atoms with E-state index in [0.29, 0.717) is 16.9 Å². The van der Waals surface area contributed by atoms with Crippen molar-refractivity contribution in [2.45, 2.75) is 59.5 Å². The number of hydrogen-bond donors (Lipinski definition) is 3. The van der Waals surface area contributed by atoms with Crippen LogP contribution in [0.3, 0.4) is 0 Å². The fourth-order valence-corrected chi connectivity index (χ4v) is 5.68. The number of anilines is 1. The van der Waals surface area contributed by atoms with Crippen LogP contribution < -0.4 is 10.6 Å². The Balaban J connectivity index is 1.66. The van der Waals surface area contributed by atoms with Crippen LogP contribution in [0.5, 0.6) is 5.75 Å². The molecule has 0 bridgehead atoms. The molecule has 144 valence electrons. The molecular weight excluding hydrogens is 356 g/mol. The molecule has 4 nitrogen and oxygen atoms in total. The van der Waals surface area contributed by atoms with Crippen LogP contribution in [0.1, 0.15) is 71.7 Å². The smallest absolute Gasteiger partial charge is 0.256 e. The third-order valence-corrected chi connectivity index (χ3v) is 7.83. The number of para-hydroxylation sites is 1. The number of hydrogen-bond acceptors (Lipinski definition) is 4. The normalized spacial score (nSPS) is 21.9. The number of aromatic hydroxyl groups is 1. The van der Waals surface area contributed by atoms with E-state index < -0.39 is 6.17 Å². The molecule has 3 N–H and O–H groups in total. The van der Waals surface area contributed by atoms with Crippen molar-refractivity contribution < 1.29 is 9.90 Å². The van der Waals surface area contributed by atoms with Crippen molar-refractivity contribution >= 4 is 22.2 Å². The summed E-state index contributed by atoms with van der Waals surface area (Å²) in [4.78, 5) is 14.3. The lowest BCUT2D eigenvalue weighted by Crippen LogP contribution is -2.38. The largest absolute Gasteiger partial charge is 0.507 e. The molecule has 1 aliphatic heterocycles. The topological polar surface area (TPSA) is 61.4 Å². The third kappa shape index (κ3) is 3.02. The average Bonchev–Trinajstić information content (AvgIpc) is 3.01. The van der Waals surface area contributed by atoms with Gasteiger partial charge in [-0.25, -0.2) is 0 Å². The molecule has 0 saturated carbocycles. The lowest BCUT2D eigenvalue weighted by atomic mass is 9.69. The van der Waals surface area contributed by atoms with Gasteiger partial charge in [-0.1, -0.05) is 45.4 Å². The molecule has 0 radical (unpaired) electrons. The maximum absolute atomic E-state index is 12.9. The van der Waals surface area contributed by atoms with Crippen molar-refractivity contribution in [3.8, 4) is 5.75 Å². The highest BCUT2D eigenvalue weighted by atomic mass is 32.1. The predicted molar refractivity (Wildman–Crippen MR) is 111 cm³/mol. The molecule has 4 rings (SSSR count). The summed E-state index contributed by atoms with van der Waals surface area (Å²) in [5.74, 6) is 0.875. The van der Waals surface area contributed by atoms with Crippen LogP contribution in [0.15, 0.2) is 18.2 Å². The highest BCUT2D eigenvalue weighted by Crippen LogP contribution is 2.47. The second-order valence-electron chi connectivity index (χ2n) is 8.55. The Kier molecular flexibility index (Phi) is 4.46. The average molecular weight is 385 g/mol. The third-order valence-electron chi connectivity index (χ3n) is 6.64. The highest BCUT2D eigenvalue weighted by molar-refractivity contribution is 7.16. The molecule has 1 aliphatic carbocycles. The van der Waals surface area contributed by atoms with Crippen LogP contribution in [-0.2, 0) is 12.8 Å². The first-order valence-electron chi connectivity index (χ1n) is 9.82. The Morgan fingerprint density at radius 1 is 1.30 bits per heavy atom. The summed E-state index contributed by atoms with van der Waals surface area (Å²) >= 11 is 1.73. The number of phenols is 1. The second kappa shape index (κ2) is 6.55. The van der Waals surface area contributed by atoms with Crippen LogP contribution in [0, 0.1) is 18.3 Å². The molecule has 2 heterocycles. The number of nitrogens with one attached hydrogen (secondary N) is 2. The van der Waals surface area contributed by atoms with Gasteiger partial charge < -0.3 is 15.7 Å². The van der Waals surface area contributed by atoms with Crippen molar-refractivity contribution in [3.63, 3.8) is 0 Å². The van der Waals surface area contributed by atoms with Gasteiger partial charge in [0.05, 0.1) is 5.56 Å². The van der Waals surface area contributed by atoms with E-state index in [9.17, 15) is 9.90 Å². The lowest BCUT2D eigenvalue weighted by Gasteiger charge is -2.36. The van der Waals surface area contributed by atoms with Crippen molar-refractivity contribution in [2.75, 3.05) is 5.32 Å². The predicted octanol–water partition coefficient (Wildman–Crippen LogP) is 5.16. The first kappa shape index (κ1) is 18.4. The second-order valence-corrected chi connectivity index (χ2v) is 9.66. The number of thiophene rings is 1. The van der Waals surface area contributed by atoms with Crippen LogP contribution in [0.4, 0.5) is 5.00 Å². The molecule has 0 spiro atoms. The number of amides is 1. The molecule has 5 heteroatoms. The van der Waals surface area contributed by atoms with Gasteiger partial charge in [-0.2, -0.15) is 0 Å². The summed E-state index contributed by atoms with van der Waals surface area (Å²) in [6.45, 7) is 8.85. The maximum Gasteiger partial charge on any atom is 0.256 e. The van der Waals surface area contributed by atoms with Crippen molar-refractivity contribution in [2.24, 2.45) is 11.3 Å². The fourth-order valence-electron chi connectivity index (χ4n) is 4.32. The number of phenolic OH excluding ortho intramolecular Hbond substituents is 1. The molecular formula is C22H28N2O2S. The van der Waals surface area contributed by atoms with E-state index >= 15 is 0 Å². The standard InChI is InChI=1S/C22H28N2O2S/c1-5-22(3,4)13-9-10-14-16(11-13)27-21-17(14)20(26)23-19(24-21)15-8-6-7-12(2)18(15)25/h6-8,13,19,24-25H,5,9-11H2,1-4H3,(H,23,26). The zero-order chi connectivity index (χ0) is 19.3. The molecule has 2 atom stereocenters. The Morgan fingerprint density at radius 2 is 2.07 bits per heavy atom. The van der Waals surface area contributed by atoms with Gasteiger partial charge in [0.25, 0.3) is 5.91 Å². The summed E-state index contributed by atoms with van der Waals surface area (Å²) in [5, 5.41) is 17.9. The van der Waals surface area contributed by atoms with E-state index in [2.05, 4.69) is 31.4 Å². The Morgan fingerprint density at radius 3 is 2.81 bits per heavy atom. The summed E-state index contributed by atoms with van der Waals surface area (Å²) in [6.07, 6.45) is 3.96. The molecule has 2 aromatic rings. The number of benzene rings is 1. The minimum Gasteiger partial charge on any atom is -0.507 e. The monoisotopic (exact) mass is 384 g/mol. The van der Waals surface area contributed by atoms with Crippen molar-refractivity contribution in [1.29, 1.82) is 0 Å². The van der Waals surface area contributed by atoms with Crippen molar-refractivity contribution in [1.82, 2.24) is 5.32 Å². The fraction of sp³-hybridized carbons (Fsp3) is 0.500. The van der Waals surface area contributed by atoms with Gasteiger partial charge in [-0.05, 0) is 48.6 Å². The molecule has 1 aromatic heterocycles. The first-order valence-corrected chi connectivity index (χ1v) is 10.6. The summed E-state index contributed by atoms with van der Waals surface area (Å²) in [7, 11) is 0. The molecule has 0 saturated heterocycles. The van der Waals surface area contributed by atoms with E-state index in [0.717, 1.165) is 35.4 Å². The van der Waals surface area contributed by atoms with Gasteiger partial charge >= 0.3 is 0 Å². The van der Waals surface area contributed by atoms with Crippen LogP contribution in [-0.4, -0.2) is 11.0 Å². The molecule has 27 heavy (non-hydrogen) atoms. The Bertz CT molecular complexity index is 900. The van der Waals surface area contributed by atoms with E-state index in [1.54, 1.807) is 11.3 Å². The molecule has 1 aromatic carbocycles. The van der Waals surface area contributed by atoms with E-state index in [-0.39, 0.29) is 11.7 Å². The van der Waals surface area contributed by atoms with Gasteiger partial charge in [-0.15, -0.1) is 11.3 Å². The molecule has 0 fully saturated rings. The molecule has 2 unspecified atom stereocenters. The van der Waals surface area contributed by atoms with Gasteiger partial charge in [0.1, 0.15) is 16.9 Å².